The van der Waals surface area contributed by atoms with Crippen molar-refractivity contribution in [2.75, 3.05) is 36.8 Å². The predicted octanol–water partition coefficient (Wildman–Crippen LogP) is 0.921. The smallest absolute Gasteiger partial charge is 0.254 e. The first kappa shape index (κ1) is 14.8. The van der Waals surface area contributed by atoms with Crippen LogP contribution in [-0.4, -0.2) is 51.3 Å². The highest BCUT2D eigenvalue weighted by Gasteiger charge is 2.19. The van der Waals surface area contributed by atoms with E-state index in [2.05, 4.69) is 4.72 Å². The van der Waals surface area contributed by atoms with Crippen LogP contribution in [0.4, 0.5) is 5.69 Å². The summed E-state index contributed by atoms with van der Waals surface area (Å²) < 4.78 is 30.7. The van der Waals surface area contributed by atoms with Gasteiger partial charge in [-0.15, -0.1) is 0 Å². The van der Waals surface area contributed by atoms with Gasteiger partial charge in [0.05, 0.1) is 19.0 Å². The van der Waals surface area contributed by atoms with Crippen molar-refractivity contribution in [3.8, 4) is 0 Å². The number of carbonyl (C=O) groups is 1. The molecule has 1 aliphatic rings. The summed E-state index contributed by atoms with van der Waals surface area (Å²) in [5, 5.41) is 0. The van der Waals surface area contributed by atoms with Crippen molar-refractivity contribution in [1.29, 1.82) is 0 Å². The minimum Gasteiger partial charge on any atom is -0.378 e. The Morgan fingerprint density at radius 1 is 1.35 bits per heavy atom. The van der Waals surface area contributed by atoms with Crippen molar-refractivity contribution >= 4 is 21.6 Å². The van der Waals surface area contributed by atoms with E-state index in [1.54, 1.807) is 36.1 Å². The van der Waals surface area contributed by atoms with Gasteiger partial charge in [-0.1, -0.05) is 6.07 Å². The zero-order valence-electron chi connectivity index (χ0n) is 11.3. The van der Waals surface area contributed by atoms with Crippen molar-refractivity contribution in [2.45, 2.75) is 6.92 Å². The molecule has 0 saturated carbocycles. The van der Waals surface area contributed by atoms with Gasteiger partial charge in [-0.05, 0) is 25.1 Å². The van der Waals surface area contributed by atoms with Crippen LogP contribution in [-0.2, 0) is 14.8 Å². The Bertz CT molecular complexity index is 580. The first-order valence-corrected chi connectivity index (χ1v) is 8.14. The second-order valence-corrected chi connectivity index (χ2v) is 6.50. The van der Waals surface area contributed by atoms with Gasteiger partial charge in [0.2, 0.25) is 10.0 Å². The van der Waals surface area contributed by atoms with Gasteiger partial charge < -0.3 is 9.64 Å². The molecule has 0 aliphatic carbocycles. The number of morpholine rings is 1. The third-order valence-electron chi connectivity index (χ3n) is 3.06. The Morgan fingerprint density at radius 2 is 2.05 bits per heavy atom. The van der Waals surface area contributed by atoms with Crippen LogP contribution in [0.2, 0.25) is 0 Å². The Labute approximate surface area is 118 Å². The summed E-state index contributed by atoms with van der Waals surface area (Å²) in [6.07, 6.45) is 0. The first-order valence-electron chi connectivity index (χ1n) is 6.49. The number of benzene rings is 1. The van der Waals surface area contributed by atoms with Crippen LogP contribution < -0.4 is 4.72 Å². The number of hydrogen-bond acceptors (Lipinski definition) is 4. The van der Waals surface area contributed by atoms with E-state index in [0.717, 1.165) is 0 Å². The maximum Gasteiger partial charge on any atom is 0.254 e. The fourth-order valence-electron chi connectivity index (χ4n) is 1.92. The van der Waals surface area contributed by atoms with E-state index in [4.69, 9.17) is 4.74 Å². The number of sulfonamides is 1. The third-order valence-corrected chi connectivity index (χ3v) is 4.37. The molecule has 1 amide bonds. The lowest BCUT2D eigenvalue weighted by Gasteiger charge is -2.27. The van der Waals surface area contributed by atoms with E-state index in [0.29, 0.717) is 37.6 Å². The molecular formula is C13H18N2O4S. The van der Waals surface area contributed by atoms with Gasteiger partial charge in [0.1, 0.15) is 0 Å². The quantitative estimate of drug-likeness (QED) is 0.897. The molecule has 0 aromatic heterocycles. The van der Waals surface area contributed by atoms with E-state index in [1.165, 1.54) is 0 Å². The summed E-state index contributed by atoms with van der Waals surface area (Å²) in [5.41, 5.74) is 0.883. The third kappa shape index (κ3) is 3.71. The van der Waals surface area contributed by atoms with Gasteiger partial charge in [0.25, 0.3) is 5.91 Å². The summed E-state index contributed by atoms with van der Waals surface area (Å²) in [5.74, 6) is -0.111. The van der Waals surface area contributed by atoms with Crippen molar-refractivity contribution < 1.29 is 17.9 Å². The zero-order chi connectivity index (χ0) is 14.6. The minimum atomic E-state index is -3.33. The van der Waals surface area contributed by atoms with Gasteiger partial charge in [-0.2, -0.15) is 0 Å². The number of nitrogens with one attached hydrogen (secondary N) is 1. The lowest BCUT2D eigenvalue weighted by atomic mass is 10.1. The summed E-state index contributed by atoms with van der Waals surface area (Å²) >= 11 is 0. The molecule has 1 aromatic rings. The van der Waals surface area contributed by atoms with Gasteiger partial charge in [0, 0.05) is 24.3 Å². The van der Waals surface area contributed by atoms with Crippen LogP contribution in [0.1, 0.15) is 17.3 Å². The molecular weight excluding hydrogens is 280 g/mol. The van der Waals surface area contributed by atoms with Crippen molar-refractivity contribution in [3.63, 3.8) is 0 Å². The standard InChI is InChI=1S/C13H18N2O4S/c1-2-20(17,18)14-12-5-3-4-11(10-12)13(16)15-6-8-19-9-7-15/h3-5,10,14H,2,6-9H2,1H3. The molecule has 20 heavy (non-hydrogen) atoms. The normalized spacial score (nSPS) is 15.9. The van der Waals surface area contributed by atoms with Crippen molar-refractivity contribution in [2.24, 2.45) is 0 Å². The molecule has 1 heterocycles. The lowest BCUT2D eigenvalue weighted by molar-refractivity contribution is 0.0303. The van der Waals surface area contributed by atoms with Gasteiger partial charge in [-0.25, -0.2) is 8.42 Å². The maximum absolute atomic E-state index is 12.3. The average Bonchev–Trinajstić information content (AvgIpc) is 2.47. The summed E-state index contributed by atoms with van der Waals surface area (Å²) in [4.78, 5) is 14.0. The SMILES string of the molecule is CCS(=O)(=O)Nc1cccc(C(=O)N2CCOCC2)c1. The van der Waals surface area contributed by atoms with Crippen LogP contribution in [0.5, 0.6) is 0 Å². The van der Waals surface area contributed by atoms with Crippen LogP contribution in [0.3, 0.4) is 0 Å². The van der Waals surface area contributed by atoms with E-state index < -0.39 is 10.0 Å². The molecule has 1 fully saturated rings. The highest BCUT2D eigenvalue weighted by atomic mass is 32.2. The Balaban J connectivity index is 2.14. The first-order chi connectivity index (χ1) is 9.52. The number of rotatable bonds is 4. The number of amides is 1. The van der Waals surface area contributed by atoms with Crippen molar-refractivity contribution in [3.05, 3.63) is 29.8 Å². The number of nitrogens with zero attached hydrogens (tertiary/aromatic N) is 1. The van der Waals surface area contributed by atoms with E-state index >= 15 is 0 Å². The van der Waals surface area contributed by atoms with E-state index in [1.807, 2.05) is 0 Å². The summed E-state index contributed by atoms with van der Waals surface area (Å²) in [6, 6.07) is 6.54. The van der Waals surface area contributed by atoms with E-state index in [9.17, 15) is 13.2 Å². The lowest BCUT2D eigenvalue weighted by Crippen LogP contribution is -2.40. The summed E-state index contributed by atoms with van der Waals surface area (Å²) in [6.45, 7) is 3.75. The second-order valence-electron chi connectivity index (χ2n) is 4.49. The molecule has 1 saturated heterocycles. The molecule has 0 unspecified atom stereocenters. The van der Waals surface area contributed by atoms with E-state index in [-0.39, 0.29) is 11.7 Å². The Kier molecular flexibility index (Phi) is 4.61. The Morgan fingerprint density at radius 3 is 2.70 bits per heavy atom. The minimum absolute atomic E-state index is 0.00532. The largest absolute Gasteiger partial charge is 0.378 e. The average molecular weight is 298 g/mol. The molecule has 7 heteroatoms. The molecule has 0 radical (unpaired) electrons. The van der Waals surface area contributed by atoms with Crippen LogP contribution >= 0.6 is 0 Å². The molecule has 2 rings (SSSR count). The number of carbonyl (C=O) groups excluding carboxylic acids is 1. The van der Waals surface area contributed by atoms with Gasteiger partial charge >= 0.3 is 0 Å². The predicted molar refractivity (Wildman–Crippen MR) is 76.2 cm³/mol. The van der Waals surface area contributed by atoms with Crippen LogP contribution in [0, 0.1) is 0 Å². The molecule has 1 aliphatic heterocycles. The summed E-state index contributed by atoms with van der Waals surface area (Å²) in [7, 11) is -3.33. The molecule has 0 atom stereocenters. The maximum atomic E-state index is 12.3. The number of ether oxygens (including phenoxy) is 1. The van der Waals surface area contributed by atoms with Crippen LogP contribution in [0.25, 0.3) is 0 Å². The highest BCUT2D eigenvalue weighted by Crippen LogP contribution is 2.15. The molecule has 0 spiro atoms. The zero-order valence-corrected chi connectivity index (χ0v) is 12.1. The van der Waals surface area contributed by atoms with Gasteiger partial charge in [0.15, 0.2) is 0 Å². The number of anilines is 1. The fourth-order valence-corrected chi connectivity index (χ4v) is 2.55. The molecule has 6 nitrogen and oxygen atoms in total. The van der Waals surface area contributed by atoms with Crippen LogP contribution in [0.15, 0.2) is 24.3 Å². The molecule has 1 N–H and O–H groups in total. The molecule has 110 valence electrons. The second kappa shape index (κ2) is 6.23. The molecule has 0 bridgehead atoms. The Hall–Kier alpha value is -1.60. The number of hydrogen-bond donors (Lipinski definition) is 1. The topological polar surface area (TPSA) is 75.7 Å². The van der Waals surface area contributed by atoms with Crippen molar-refractivity contribution in [1.82, 2.24) is 4.90 Å². The van der Waals surface area contributed by atoms with Gasteiger partial charge in [-0.3, -0.25) is 9.52 Å². The molecule has 1 aromatic carbocycles. The highest BCUT2D eigenvalue weighted by molar-refractivity contribution is 7.92. The fraction of sp³-hybridized carbons (Fsp3) is 0.462. The monoisotopic (exact) mass is 298 g/mol.